The number of carbonyl (C=O) groups excluding carboxylic acids is 1. The number of benzene rings is 1. The van der Waals surface area contributed by atoms with Gasteiger partial charge in [0.25, 0.3) is 0 Å². The van der Waals surface area contributed by atoms with Gasteiger partial charge in [0.2, 0.25) is 0 Å². The zero-order valence-electron chi connectivity index (χ0n) is 9.80. The Labute approximate surface area is 106 Å². The van der Waals surface area contributed by atoms with E-state index in [1.807, 2.05) is 0 Å². The van der Waals surface area contributed by atoms with Gasteiger partial charge >= 0.3 is 6.03 Å². The number of nitrogens with two attached hydrogens (primary N) is 1. The van der Waals surface area contributed by atoms with Gasteiger partial charge in [0.15, 0.2) is 9.84 Å². The van der Waals surface area contributed by atoms with Crippen molar-refractivity contribution in [1.82, 2.24) is 4.90 Å². The summed E-state index contributed by atoms with van der Waals surface area (Å²) in [5, 5.41) is 2.69. The monoisotopic (exact) mass is 269 g/mol. The van der Waals surface area contributed by atoms with Crippen molar-refractivity contribution in [3.63, 3.8) is 0 Å². The van der Waals surface area contributed by atoms with E-state index in [9.17, 15) is 13.2 Å². The minimum atomic E-state index is -2.97. The topological polar surface area (TPSA) is 92.5 Å². The van der Waals surface area contributed by atoms with Crippen LogP contribution in [0.15, 0.2) is 24.3 Å². The van der Waals surface area contributed by atoms with Crippen LogP contribution >= 0.6 is 0 Å². The van der Waals surface area contributed by atoms with Crippen molar-refractivity contribution in [2.45, 2.75) is 0 Å². The summed E-state index contributed by atoms with van der Waals surface area (Å²) in [6, 6.07) is 6.55. The van der Waals surface area contributed by atoms with Crippen molar-refractivity contribution in [2.75, 3.05) is 35.6 Å². The van der Waals surface area contributed by atoms with E-state index in [-0.39, 0.29) is 30.6 Å². The Balaban J connectivity index is 1.97. The van der Waals surface area contributed by atoms with Crippen LogP contribution in [0.25, 0.3) is 0 Å². The average molecular weight is 269 g/mol. The van der Waals surface area contributed by atoms with E-state index in [1.54, 1.807) is 24.3 Å². The number of nitrogens with one attached hydrogen (secondary N) is 1. The molecule has 0 aromatic heterocycles. The number of carbonyl (C=O) groups is 1. The molecule has 1 aromatic rings. The summed E-state index contributed by atoms with van der Waals surface area (Å²) in [5.74, 6) is 0.0503. The SMILES string of the molecule is Nc1cccc(NC(=O)N2CCS(=O)(=O)CC2)c1. The molecule has 6 nitrogen and oxygen atoms in total. The molecule has 1 aliphatic heterocycles. The summed E-state index contributed by atoms with van der Waals surface area (Å²) < 4.78 is 22.5. The molecule has 98 valence electrons. The molecule has 3 N–H and O–H groups in total. The van der Waals surface area contributed by atoms with Crippen LogP contribution < -0.4 is 11.1 Å². The fourth-order valence-electron chi connectivity index (χ4n) is 1.73. The number of nitrogens with zero attached hydrogens (tertiary/aromatic N) is 1. The first-order valence-electron chi connectivity index (χ1n) is 5.58. The molecule has 1 aliphatic rings. The number of rotatable bonds is 1. The molecule has 0 bridgehead atoms. The predicted octanol–water partition coefficient (Wildman–Crippen LogP) is 0.531. The van der Waals surface area contributed by atoms with Gasteiger partial charge in [-0.3, -0.25) is 0 Å². The second-order valence-corrected chi connectivity index (χ2v) is 6.50. The van der Waals surface area contributed by atoms with E-state index in [2.05, 4.69) is 5.32 Å². The molecule has 7 heteroatoms. The molecule has 0 saturated carbocycles. The van der Waals surface area contributed by atoms with Crippen LogP contribution in [0.4, 0.5) is 16.2 Å². The lowest BCUT2D eigenvalue weighted by Crippen LogP contribution is -2.45. The molecule has 0 spiro atoms. The lowest BCUT2D eigenvalue weighted by molar-refractivity contribution is 0.216. The Morgan fingerprint density at radius 3 is 2.56 bits per heavy atom. The van der Waals surface area contributed by atoms with Gasteiger partial charge in [-0.05, 0) is 18.2 Å². The maximum Gasteiger partial charge on any atom is 0.321 e. The quantitative estimate of drug-likeness (QED) is 0.727. The standard InChI is InChI=1S/C11H15N3O3S/c12-9-2-1-3-10(8-9)13-11(15)14-4-6-18(16,17)7-5-14/h1-3,8H,4-7,12H2,(H,13,15). The average Bonchev–Trinajstić information content (AvgIpc) is 2.28. The third kappa shape index (κ3) is 3.13. The van der Waals surface area contributed by atoms with Crippen LogP contribution in [0, 0.1) is 0 Å². The fraction of sp³-hybridized carbons (Fsp3) is 0.364. The maximum atomic E-state index is 11.9. The highest BCUT2D eigenvalue weighted by atomic mass is 32.2. The minimum Gasteiger partial charge on any atom is -0.399 e. The maximum absolute atomic E-state index is 11.9. The fourth-order valence-corrected chi connectivity index (χ4v) is 2.94. The summed E-state index contributed by atoms with van der Waals surface area (Å²) in [5.41, 5.74) is 6.77. The van der Waals surface area contributed by atoms with Crippen LogP contribution in [-0.4, -0.2) is 43.9 Å². The number of hydrogen-bond donors (Lipinski definition) is 2. The molecule has 1 heterocycles. The Kier molecular flexibility index (Phi) is 3.42. The van der Waals surface area contributed by atoms with Gasteiger partial charge in [-0.1, -0.05) is 6.07 Å². The molecule has 2 rings (SSSR count). The summed E-state index contributed by atoms with van der Waals surface area (Å²) in [7, 11) is -2.97. The molecule has 18 heavy (non-hydrogen) atoms. The first-order chi connectivity index (χ1) is 8.46. The molecule has 2 amide bonds. The Morgan fingerprint density at radius 2 is 1.94 bits per heavy atom. The molecule has 0 aliphatic carbocycles. The second-order valence-electron chi connectivity index (χ2n) is 4.19. The highest BCUT2D eigenvalue weighted by Gasteiger charge is 2.24. The molecule has 1 aromatic carbocycles. The zero-order valence-corrected chi connectivity index (χ0v) is 10.6. The number of amides is 2. The molecule has 1 fully saturated rings. The van der Waals surface area contributed by atoms with Gasteiger partial charge in [-0.15, -0.1) is 0 Å². The highest BCUT2D eigenvalue weighted by molar-refractivity contribution is 7.91. The van der Waals surface area contributed by atoms with Crippen molar-refractivity contribution in [2.24, 2.45) is 0 Å². The Hall–Kier alpha value is -1.76. The summed E-state index contributed by atoms with van der Waals surface area (Å²) in [6.45, 7) is 0.465. The van der Waals surface area contributed by atoms with Crippen LogP contribution in [0.2, 0.25) is 0 Å². The number of urea groups is 1. The largest absolute Gasteiger partial charge is 0.399 e. The number of hydrogen-bond acceptors (Lipinski definition) is 4. The molecular formula is C11H15N3O3S. The summed E-state index contributed by atoms with van der Waals surface area (Å²) in [6.07, 6.45) is 0. The van der Waals surface area contributed by atoms with Gasteiger partial charge in [0.1, 0.15) is 0 Å². The molecule has 1 saturated heterocycles. The van der Waals surface area contributed by atoms with Gasteiger partial charge in [0, 0.05) is 24.5 Å². The third-order valence-electron chi connectivity index (χ3n) is 2.77. The lowest BCUT2D eigenvalue weighted by atomic mass is 10.3. The van der Waals surface area contributed by atoms with E-state index in [0.717, 1.165) is 0 Å². The van der Waals surface area contributed by atoms with E-state index < -0.39 is 9.84 Å². The lowest BCUT2D eigenvalue weighted by Gasteiger charge is -2.26. The normalized spacial score (nSPS) is 18.3. The molecule has 0 atom stereocenters. The Bertz CT molecular complexity index is 542. The van der Waals surface area contributed by atoms with Crippen LogP contribution in [0.1, 0.15) is 0 Å². The van der Waals surface area contributed by atoms with E-state index in [0.29, 0.717) is 11.4 Å². The van der Waals surface area contributed by atoms with Crippen molar-refractivity contribution in [3.05, 3.63) is 24.3 Å². The smallest absolute Gasteiger partial charge is 0.321 e. The Morgan fingerprint density at radius 1 is 1.28 bits per heavy atom. The minimum absolute atomic E-state index is 0.0251. The van der Waals surface area contributed by atoms with Crippen molar-refractivity contribution in [1.29, 1.82) is 0 Å². The number of nitrogen functional groups attached to an aromatic ring is 1. The van der Waals surface area contributed by atoms with Gasteiger partial charge in [0.05, 0.1) is 11.5 Å². The van der Waals surface area contributed by atoms with Crippen molar-refractivity contribution in [3.8, 4) is 0 Å². The van der Waals surface area contributed by atoms with Gasteiger partial charge in [-0.2, -0.15) is 0 Å². The third-order valence-corrected chi connectivity index (χ3v) is 4.38. The van der Waals surface area contributed by atoms with E-state index in [4.69, 9.17) is 5.73 Å². The van der Waals surface area contributed by atoms with E-state index >= 15 is 0 Å². The molecule has 0 unspecified atom stereocenters. The first-order valence-corrected chi connectivity index (χ1v) is 7.40. The second kappa shape index (κ2) is 4.85. The zero-order chi connectivity index (χ0) is 13.2. The van der Waals surface area contributed by atoms with Crippen LogP contribution in [0.3, 0.4) is 0 Å². The first kappa shape index (κ1) is 12.7. The van der Waals surface area contributed by atoms with E-state index in [1.165, 1.54) is 4.90 Å². The number of anilines is 2. The number of sulfone groups is 1. The summed E-state index contributed by atoms with van der Waals surface area (Å²) in [4.78, 5) is 13.4. The van der Waals surface area contributed by atoms with Crippen LogP contribution in [0.5, 0.6) is 0 Å². The van der Waals surface area contributed by atoms with Crippen molar-refractivity contribution < 1.29 is 13.2 Å². The molecular weight excluding hydrogens is 254 g/mol. The van der Waals surface area contributed by atoms with Gasteiger partial charge < -0.3 is 16.0 Å². The van der Waals surface area contributed by atoms with Crippen LogP contribution in [-0.2, 0) is 9.84 Å². The van der Waals surface area contributed by atoms with Crippen molar-refractivity contribution >= 4 is 27.2 Å². The highest BCUT2D eigenvalue weighted by Crippen LogP contribution is 2.13. The van der Waals surface area contributed by atoms with Gasteiger partial charge in [-0.25, -0.2) is 13.2 Å². The summed E-state index contributed by atoms with van der Waals surface area (Å²) >= 11 is 0. The molecule has 0 radical (unpaired) electrons. The predicted molar refractivity (Wildman–Crippen MR) is 70.1 cm³/mol.